The number of rotatable bonds is 8. The van der Waals surface area contributed by atoms with Crippen LogP contribution in [0.15, 0.2) is 77.4 Å². The van der Waals surface area contributed by atoms with E-state index in [4.69, 9.17) is 9.15 Å². The van der Waals surface area contributed by atoms with Gasteiger partial charge in [-0.05, 0) is 42.0 Å². The molecule has 170 valence electrons. The molecule has 1 fully saturated rings. The Morgan fingerprint density at radius 2 is 1.79 bits per heavy atom. The molecule has 0 bridgehead atoms. The maximum atomic E-state index is 12.4. The summed E-state index contributed by atoms with van der Waals surface area (Å²) in [7, 11) is 0. The molecule has 3 aromatic rings. The third-order valence-corrected chi connectivity index (χ3v) is 5.43. The summed E-state index contributed by atoms with van der Waals surface area (Å²) >= 11 is 0. The smallest absolute Gasteiger partial charge is 0.269 e. The molecule has 4 rings (SSSR count). The molecular formula is C25H25N3O5. The van der Waals surface area contributed by atoms with Crippen LogP contribution in [0.4, 0.5) is 0 Å². The van der Waals surface area contributed by atoms with E-state index in [9.17, 15) is 14.4 Å². The van der Waals surface area contributed by atoms with Crippen LogP contribution in [0.5, 0.6) is 5.75 Å². The van der Waals surface area contributed by atoms with Gasteiger partial charge in [0.05, 0.1) is 25.3 Å². The Hall–Kier alpha value is -4.07. The lowest BCUT2D eigenvalue weighted by molar-refractivity contribution is -0.129. The minimum atomic E-state index is -0.534. The van der Waals surface area contributed by atoms with Crippen LogP contribution in [0, 0.1) is 5.92 Å². The number of hydrogen-bond donors (Lipinski definition) is 2. The van der Waals surface area contributed by atoms with Gasteiger partial charge in [-0.2, -0.15) is 0 Å². The fourth-order valence-corrected chi connectivity index (χ4v) is 3.62. The van der Waals surface area contributed by atoms with Crippen molar-refractivity contribution in [1.82, 2.24) is 15.8 Å². The highest BCUT2D eigenvalue weighted by molar-refractivity contribution is 5.96. The summed E-state index contributed by atoms with van der Waals surface area (Å²) in [5.41, 5.74) is 6.40. The lowest BCUT2D eigenvalue weighted by Crippen LogP contribution is -2.45. The van der Waals surface area contributed by atoms with Crippen LogP contribution in [0.1, 0.15) is 28.1 Å². The van der Waals surface area contributed by atoms with Gasteiger partial charge in [-0.25, -0.2) is 0 Å². The van der Waals surface area contributed by atoms with Gasteiger partial charge in [0.2, 0.25) is 11.8 Å². The quantitative estimate of drug-likeness (QED) is 0.517. The number of carbonyl (C=O) groups is 3. The molecule has 0 spiro atoms. The zero-order chi connectivity index (χ0) is 23.0. The molecule has 1 saturated heterocycles. The Labute approximate surface area is 191 Å². The third kappa shape index (κ3) is 6.00. The van der Waals surface area contributed by atoms with E-state index in [1.165, 1.54) is 5.56 Å². The second-order valence-corrected chi connectivity index (χ2v) is 7.81. The lowest BCUT2D eigenvalue weighted by Gasteiger charge is -2.15. The van der Waals surface area contributed by atoms with Gasteiger partial charge in [0.25, 0.3) is 5.91 Å². The van der Waals surface area contributed by atoms with Gasteiger partial charge in [-0.15, -0.1) is 0 Å². The number of benzene rings is 2. The topological polar surface area (TPSA) is 101 Å². The van der Waals surface area contributed by atoms with E-state index in [0.29, 0.717) is 30.2 Å². The first-order valence-electron chi connectivity index (χ1n) is 10.8. The van der Waals surface area contributed by atoms with E-state index >= 15 is 0 Å². The van der Waals surface area contributed by atoms with E-state index in [-0.39, 0.29) is 18.9 Å². The molecule has 8 heteroatoms. The zero-order valence-corrected chi connectivity index (χ0v) is 18.0. The number of furan rings is 1. The Morgan fingerprint density at radius 1 is 1.00 bits per heavy atom. The van der Waals surface area contributed by atoms with Crippen LogP contribution < -0.4 is 15.6 Å². The van der Waals surface area contributed by atoms with Crippen molar-refractivity contribution >= 4 is 17.7 Å². The predicted molar refractivity (Wildman–Crippen MR) is 120 cm³/mol. The van der Waals surface area contributed by atoms with Crippen molar-refractivity contribution in [3.05, 3.63) is 89.9 Å². The van der Waals surface area contributed by atoms with Crippen LogP contribution >= 0.6 is 0 Å². The van der Waals surface area contributed by atoms with Crippen molar-refractivity contribution in [2.24, 2.45) is 5.92 Å². The number of nitrogens with one attached hydrogen (secondary N) is 2. The molecule has 2 heterocycles. The molecule has 1 aromatic heterocycles. The monoisotopic (exact) mass is 447 g/mol. The first kappa shape index (κ1) is 22.1. The van der Waals surface area contributed by atoms with Crippen LogP contribution in [-0.2, 0) is 22.6 Å². The fourth-order valence-electron chi connectivity index (χ4n) is 3.62. The van der Waals surface area contributed by atoms with Gasteiger partial charge in [0.15, 0.2) is 0 Å². The fraction of sp³-hybridized carbons (Fsp3) is 0.240. The Kier molecular flexibility index (Phi) is 7.04. The predicted octanol–water partition coefficient (Wildman–Crippen LogP) is 2.71. The van der Waals surface area contributed by atoms with Crippen molar-refractivity contribution in [1.29, 1.82) is 0 Å². The normalized spacial score (nSPS) is 15.3. The van der Waals surface area contributed by atoms with Gasteiger partial charge < -0.3 is 14.1 Å². The van der Waals surface area contributed by atoms with Crippen molar-refractivity contribution in [2.45, 2.75) is 19.4 Å². The molecule has 2 aromatic carbocycles. The average molecular weight is 447 g/mol. The molecule has 0 saturated carbocycles. The minimum Gasteiger partial charge on any atom is -0.493 e. The van der Waals surface area contributed by atoms with E-state index in [2.05, 4.69) is 10.9 Å². The maximum Gasteiger partial charge on any atom is 0.269 e. The molecule has 1 unspecified atom stereocenters. The molecule has 2 N–H and O–H groups in total. The van der Waals surface area contributed by atoms with Gasteiger partial charge >= 0.3 is 0 Å². The summed E-state index contributed by atoms with van der Waals surface area (Å²) < 4.78 is 11.0. The number of amides is 3. The third-order valence-electron chi connectivity index (χ3n) is 5.43. The summed E-state index contributed by atoms with van der Waals surface area (Å²) in [5.74, 6) is -0.192. The van der Waals surface area contributed by atoms with Crippen LogP contribution in [0.2, 0.25) is 0 Å². The second kappa shape index (κ2) is 10.5. The lowest BCUT2D eigenvalue weighted by atomic mass is 10.1. The highest BCUT2D eigenvalue weighted by atomic mass is 16.5. The number of hydrazine groups is 1. The molecule has 3 amide bonds. The van der Waals surface area contributed by atoms with E-state index < -0.39 is 17.7 Å². The first-order valence-corrected chi connectivity index (χ1v) is 10.8. The van der Waals surface area contributed by atoms with Gasteiger partial charge in [-0.3, -0.25) is 25.2 Å². The van der Waals surface area contributed by atoms with Crippen LogP contribution in [0.3, 0.4) is 0 Å². The maximum absolute atomic E-state index is 12.4. The molecule has 8 nitrogen and oxygen atoms in total. The van der Waals surface area contributed by atoms with Crippen LogP contribution in [0.25, 0.3) is 0 Å². The van der Waals surface area contributed by atoms with Gasteiger partial charge in [-0.1, -0.05) is 30.3 Å². The standard InChI is InChI=1S/C25H25N3O5/c29-23-15-20(16-28(23)17-22-7-4-13-32-22)25(31)27-26-24(30)19-8-10-21(11-9-19)33-14-12-18-5-2-1-3-6-18/h1-11,13,20H,12,14-17H2,(H,26,30)(H,27,31). The van der Waals surface area contributed by atoms with Crippen molar-refractivity contribution < 1.29 is 23.5 Å². The van der Waals surface area contributed by atoms with Crippen molar-refractivity contribution in [2.75, 3.05) is 13.2 Å². The highest BCUT2D eigenvalue weighted by Crippen LogP contribution is 2.20. The van der Waals surface area contributed by atoms with E-state index in [0.717, 1.165) is 6.42 Å². The molecular weight excluding hydrogens is 422 g/mol. The largest absolute Gasteiger partial charge is 0.493 e. The molecule has 1 aliphatic heterocycles. The number of hydrogen-bond acceptors (Lipinski definition) is 5. The van der Waals surface area contributed by atoms with E-state index in [1.54, 1.807) is 47.6 Å². The zero-order valence-electron chi connectivity index (χ0n) is 18.0. The number of ether oxygens (including phenoxy) is 1. The van der Waals surface area contributed by atoms with Crippen LogP contribution in [-0.4, -0.2) is 35.8 Å². The summed E-state index contributed by atoms with van der Waals surface area (Å²) in [6.45, 7) is 1.13. The van der Waals surface area contributed by atoms with Gasteiger partial charge in [0, 0.05) is 24.9 Å². The molecule has 33 heavy (non-hydrogen) atoms. The Morgan fingerprint density at radius 3 is 2.52 bits per heavy atom. The highest BCUT2D eigenvalue weighted by Gasteiger charge is 2.34. The van der Waals surface area contributed by atoms with Crippen molar-refractivity contribution in [3.63, 3.8) is 0 Å². The summed E-state index contributed by atoms with van der Waals surface area (Å²) in [5, 5.41) is 0. The first-order chi connectivity index (χ1) is 16.1. The number of carbonyl (C=O) groups excluding carboxylic acids is 3. The van der Waals surface area contributed by atoms with Crippen molar-refractivity contribution in [3.8, 4) is 5.75 Å². The SMILES string of the molecule is O=C(NNC(=O)C1CC(=O)N(Cc2ccco2)C1)c1ccc(OCCc2ccccc2)cc1. The number of nitrogens with zero attached hydrogens (tertiary/aromatic N) is 1. The summed E-state index contributed by atoms with van der Waals surface area (Å²) in [6, 6.07) is 20.2. The van der Waals surface area contributed by atoms with Gasteiger partial charge in [0.1, 0.15) is 11.5 Å². The molecule has 1 atom stereocenters. The molecule has 0 radical (unpaired) electrons. The summed E-state index contributed by atoms with van der Waals surface area (Å²) in [6.07, 6.45) is 2.42. The minimum absolute atomic E-state index is 0.0947. The second-order valence-electron chi connectivity index (χ2n) is 7.81. The Bertz CT molecular complexity index is 1080. The average Bonchev–Trinajstić information content (AvgIpc) is 3.48. The molecule has 0 aliphatic carbocycles. The molecule has 1 aliphatic rings. The number of likely N-dealkylation sites (tertiary alicyclic amines) is 1. The summed E-state index contributed by atoms with van der Waals surface area (Å²) in [4.78, 5) is 38.5. The Balaban J connectivity index is 1.20. The van der Waals surface area contributed by atoms with E-state index in [1.807, 2.05) is 30.3 Å².